The van der Waals surface area contributed by atoms with Crippen LogP contribution < -0.4 is 5.32 Å². The third-order valence-electron chi connectivity index (χ3n) is 4.28. The largest absolute Gasteiger partial charge is 0.353 e. The van der Waals surface area contributed by atoms with Gasteiger partial charge in [0.15, 0.2) is 0 Å². The highest BCUT2D eigenvalue weighted by Crippen LogP contribution is 2.19. The number of rotatable bonds is 5. The van der Waals surface area contributed by atoms with Gasteiger partial charge < -0.3 is 9.84 Å². The van der Waals surface area contributed by atoms with Crippen LogP contribution in [0.4, 0.5) is 0 Å². The first-order chi connectivity index (χ1) is 11.3. The number of amides is 1. The van der Waals surface area contributed by atoms with E-state index < -0.39 is 0 Å². The fourth-order valence-corrected chi connectivity index (χ4v) is 3.62. The van der Waals surface area contributed by atoms with Gasteiger partial charge in [-0.25, -0.2) is 0 Å². The molecule has 0 bridgehead atoms. The van der Waals surface area contributed by atoms with E-state index >= 15 is 0 Å². The van der Waals surface area contributed by atoms with E-state index in [0.717, 1.165) is 18.4 Å². The maximum absolute atomic E-state index is 12.1. The van der Waals surface area contributed by atoms with Gasteiger partial charge in [-0.1, -0.05) is 37.3 Å². The van der Waals surface area contributed by atoms with Crippen LogP contribution in [-0.2, 0) is 11.2 Å². The first kappa shape index (κ1) is 16.2. The lowest BCUT2D eigenvalue weighted by Crippen LogP contribution is -2.35. The standard InChI is InChI=1S/C17H23N3O2S/c21-15(18-14-6-4-2-1-3-5-7-14)8-9-16-19-17(20-22-16)13-10-11-23-12-13/h10-12,14H,1-9H2,(H,18,21). The summed E-state index contributed by atoms with van der Waals surface area (Å²) in [7, 11) is 0. The molecule has 0 atom stereocenters. The number of aromatic nitrogens is 2. The van der Waals surface area contributed by atoms with Gasteiger partial charge in [0, 0.05) is 29.8 Å². The number of nitrogens with one attached hydrogen (secondary N) is 1. The van der Waals surface area contributed by atoms with Crippen molar-refractivity contribution in [3.63, 3.8) is 0 Å². The number of carbonyl (C=O) groups is 1. The average molecular weight is 333 g/mol. The van der Waals surface area contributed by atoms with E-state index in [9.17, 15) is 4.79 Å². The zero-order chi connectivity index (χ0) is 15.9. The molecule has 1 amide bonds. The van der Waals surface area contributed by atoms with E-state index in [2.05, 4.69) is 15.5 Å². The Hall–Kier alpha value is -1.69. The second kappa shape index (κ2) is 8.24. The fourth-order valence-electron chi connectivity index (χ4n) is 2.99. The van der Waals surface area contributed by atoms with E-state index in [4.69, 9.17) is 4.52 Å². The maximum Gasteiger partial charge on any atom is 0.227 e. The lowest BCUT2D eigenvalue weighted by atomic mass is 9.96. The predicted octanol–water partition coefficient (Wildman–Crippen LogP) is 3.96. The van der Waals surface area contributed by atoms with Crippen LogP contribution in [-0.4, -0.2) is 22.1 Å². The first-order valence-corrected chi connectivity index (χ1v) is 9.40. The normalized spacial score (nSPS) is 16.7. The summed E-state index contributed by atoms with van der Waals surface area (Å²) in [4.78, 5) is 16.5. The van der Waals surface area contributed by atoms with Crippen LogP contribution in [0.25, 0.3) is 11.4 Å². The van der Waals surface area contributed by atoms with Crippen LogP contribution in [0.2, 0.25) is 0 Å². The Bertz CT molecular complexity index is 601. The van der Waals surface area contributed by atoms with Gasteiger partial charge in [-0.3, -0.25) is 4.79 Å². The maximum atomic E-state index is 12.1. The second-order valence-electron chi connectivity index (χ2n) is 6.13. The molecule has 1 aliphatic rings. The summed E-state index contributed by atoms with van der Waals surface area (Å²) in [6, 6.07) is 2.30. The monoisotopic (exact) mass is 333 g/mol. The predicted molar refractivity (Wildman–Crippen MR) is 90.2 cm³/mol. The smallest absolute Gasteiger partial charge is 0.227 e. The molecular weight excluding hydrogens is 310 g/mol. The van der Waals surface area contributed by atoms with Gasteiger partial charge in [-0.05, 0) is 24.3 Å². The lowest BCUT2D eigenvalue weighted by Gasteiger charge is -2.20. The topological polar surface area (TPSA) is 68.0 Å². The fraction of sp³-hybridized carbons (Fsp3) is 0.588. The SMILES string of the molecule is O=C(CCc1nc(-c2ccsc2)no1)NC1CCCCCCC1. The molecule has 1 aliphatic carbocycles. The van der Waals surface area contributed by atoms with Crippen molar-refractivity contribution < 1.29 is 9.32 Å². The third kappa shape index (κ3) is 4.89. The Morgan fingerprint density at radius 3 is 2.78 bits per heavy atom. The number of nitrogens with zero attached hydrogens (tertiary/aromatic N) is 2. The molecule has 0 aromatic carbocycles. The second-order valence-corrected chi connectivity index (χ2v) is 6.91. The summed E-state index contributed by atoms with van der Waals surface area (Å²) in [6.45, 7) is 0. The lowest BCUT2D eigenvalue weighted by molar-refractivity contribution is -0.122. The molecule has 0 radical (unpaired) electrons. The summed E-state index contributed by atoms with van der Waals surface area (Å²) < 4.78 is 5.23. The van der Waals surface area contributed by atoms with Crippen molar-refractivity contribution in [2.24, 2.45) is 0 Å². The van der Waals surface area contributed by atoms with Crippen molar-refractivity contribution in [3.8, 4) is 11.4 Å². The van der Waals surface area contributed by atoms with E-state index in [1.165, 1.54) is 32.1 Å². The molecule has 2 heterocycles. The quantitative estimate of drug-likeness (QED) is 0.899. The van der Waals surface area contributed by atoms with Gasteiger partial charge in [0.05, 0.1) is 0 Å². The van der Waals surface area contributed by atoms with Crippen molar-refractivity contribution in [2.75, 3.05) is 0 Å². The molecule has 1 fully saturated rings. The number of carbonyl (C=O) groups excluding carboxylic acids is 1. The van der Waals surface area contributed by atoms with Gasteiger partial charge >= 0.3 is 0 Å². The molecule has 124 valence electrons. The molecule has 23 heavy (non-hydrogen) atoms. The van der Waals surface area contributed by atoms with Crippen molar-refractivity contribution in [3.05, 3.63) is 22.7 Å². The molecule has 3 rings (SSSR count). The number of thiophene rings is 1. The van der Waals surface area contributed by atoms with Crippen LogP contribution in [0.5, 0.6) is 0 Å². The van der Waals surface area contributed by atoms with E-state index in [-0.39, 0.29) is 5.91 Å². The Morgan fingerprint density at radius 2 is 2.04 bits per heavy atom. The molecule has 0 aliphatic heterocycles. The minimum Gasteiger partial charge on any atom is -0.353 e. The molecule has 5 nitrogen and oxygen atoms in total. The summed E-state index contributed by atoms with van der Waals surface area (Å²) in [6.07, 6.45) is 9.47. The van der Waals surface area contributed by atoms with E-state index in [0.29, 0.717) is 30.6 Å². The van der Waals surface area contributed by atoms with E-state index in [1.54, 1.807) is 11.3 Å². The molecule has 6 heteroatoms. The van der Waals surface area contributed by atoms with E-state index in [1.807, 2.05) is 16.8 Å². The Morgan fingerprint density at radius 1 is 1.26 bits per heavy atom. The first-order valence-electron chi connectivity index (χ1n) is 8.46. The molecular formula is C17H23N3O2S. The minimum atomic E-state index is 0.0888. The van der Waals surface area contributed by atoms with Crippen molar-refractivity contribution in [1.82, 2.24) is 15.5 Å². The van der Waals surface area contributed by atoms with Gasteiger partial charge in [0.1, 0.15) is 0 Å². The zero-order valence-corrected chi connectivity index (χ0v) is 14.1. The van der Waals surface area contributed by atoms with Crippen LogP contribution >= 0.6 is 11.3 Å². The molecule has 0 unspecified atom stereocenters. The number of hydrogen-bond acceptors (Lipinski definition) is 5. The summed E-state index contributed by atoms with van der Waals surface area (Å²) in [5.74, 6) is 1.21. The van der Waals surface area contributed by atoms with Crippen molar-refractivity contribution >= 4 is 17.2 Å². The Balaban J connectivity index is 1.45. The van der Waals surface area contributed by atoms with Gasteiger partial charge in [0.2, 0.25) is 17.6 Å². The van der Waals surface area contributed by atoms with Crippen LogP contribution in [0.3, 0.4) is 0 Å². The van der Waals surface area contributed by atoms with Gasteiger partial charge in [0.25, 0.3) is 0 Å². The summed E-state index contributed by atoms with van der Waals surface area (Å²) in [5.41, 5.74) is 0.962. The van der Waals surface area contributed by atoms with Crippen molar-refractivity contribution in [1.29, 1.82) is 0 Å². The minimum absolute atomic E-state index is 0.0888. The molecule has 2 aromatic rings. The highest BCUT2D eigenvalue weighted by Gasteiger charge is 2.15. The van der Waals surface area contributed by atoms with Crippen LogP contribution in [0.15, 0.2) is 21.3 Å². The average Bonchev–Trinajstić information content (AvgIpc) is 3.18. The van der Waals surface area contributed by atoms with Crippen LogP contribution in [0.1, 0.15) is 57.3 Å². The highest BCUT2D eigenvalue weighted by atomic mass is 32.1. The molecule has 1 saturated carbocycles. The zero-order valence-electron chi connectivity index (χ0n) is 13.3. The Kier molecular flexibility index (Phi) is 5.80. The summed E-state index contributed by atoms with van der Waals surface area (Å²) >= 11 is 1.60. The highest BCUT2D eigenvalue weighted by molar-refractivity contribution is 7.08. The van der Waals surface area contributed by atoms with Gasteiger partial charge in [-0.15, -0.1) is 0 Å². The summed E-state index contributed by atoms with van der Waals surface area (Å²) in [5, 5.41) is 11.1. The molecule has 1 N–H and O–H groups in total. The molecule has 2 aromatic heterocycles. The van der Waals surface area contributed by atoms with Gasteiger partial charge in [-0.2, -0.15) is 16.3 Å². The third-order valence-corrected chi connectivity index (χ3v) is 4.97. The van der Waals surface area contributed by atoms with Crippen molar-refractivity contribution in [2.45, 2.75) is 63.8 Å². The molecule has 0 saturated heterocycles. The number of hydrogen-bond donors (Lipinski definition) is 1. The number of aryl methyl sites for hydroxylation is 1. The van der Waals surface area contributed by atoms with Crippen LogP contribution in [0, 0.1) is 0 Å². The molecule has 0 spiro atoms. The Labute approximate surface area is 140 Å².